The van der Waals surface area contributed by atoms with Crippen molar-refractivity contribution >= 4 is 43.6 Å². The average Bonchev–Trinajstić information content (AvgIpc) is 3.80. The number of hydrogen-bond acceptors (Lipinski definition) is 2. The van der Waals surface area contributed by atoms with Crippen LogP contribution in [0.2, 0.25) is 0 Å². The average molecular weight is 1100 g/mol. The van der Waals surface area contributed by atoms with Crippen molar-refractivity contribution in [2.75, 3.05) is 13.2 Å². The number of benzene rings is 6. The van der Waals surface area contributed by atoms with E-state index in [1.165, 1.54) is 25.1 Å². The van der Waals surface area contributed by atoms with E-state index in [2.05, 4.69) is 9.47 Å². The van der Waals surface area contributed by atoms with Crippen molar-refractivity contribution in [2.24, 2.45) is 0 Å². The van der Waals surface area contributed by atoms with Crippen molar-refractivity contribution in [3.05, 3.63) is 143 Å². The molecule has 4 nitrogen and oxygen atoms in total. The van der Waals surface area contributed by atoms with Gasteiger partial charge in [0.2, 0.25) is 0 Å². The van der Waals surface area contributed by atoms with E-state index in [0.717, 1.165) is 16.7 Å². The molecule has 0 saturated carbocycles. The van der Waals surface area contributed by atoms with E-state index >= 15 is 17.6 Å². The summed E-state index contributed by atoms with van der Waals surface area (Å²) in [6.45, 7) is -4.10. The Hall–Kier alpha value is -7.09. The first-order chi connectivity index (χ1) is 34.3. The SMILES string of the molecule is Cc1ccc2c3cc(C(F)(F)F)cc(C(F)(F)F)c3n(-c3ccc(OCC(F)(F)C(F)(F)C(F)(F)C(F)(F)COc4ccc(-n5c6cc(C(F)(F)F)ccc6c6c(C(F)(F)F)cc(C(F)(F)F)cc65)cc4)cc3)c2c1. The van der Waals surface area contributed by atoms with Crippen LogP contribution in [0.4, 0.5) is 101 Å². The van der Waals surface area contributed by atoms with Crippen LogP contribution in [0.5, 0.6) is 11.5 Å². The monoisotopic (exact) mass is 1100 g/mol. The zero-order valence-corrected chi connectivity index (χ0v) is 36.7. The second kappa shape index (κ2) is 17.5. The molecule has 0 bridgehead atoms. The quantitative estimate of drug-likeness (QED) is 0.121. The molecule has 0 amide bonds. The van der Waals surface area contributed by atoms with Gasteiger partial charge in [0.05, 0.1) is 49.9 Å². The van der Waals surface area contributed by atoms with Gasteiger partial charge in [-0.3, -0.25) is 0 Å². The third-order valence-electron chi connectivity index (χ3n) is 11.8. The second-order valence-corrected chi connectivity index (χ2v) is 16.9. The van der Waals surface area contributed by atoms with Crippen LogP contribution < -0.4 is 9.47 Å². The van der Waals surface area contributed by atoms with Crippen LogP contribution in [0.25, 0.3) is 55.0 Å². The molecule has 2 aromatic heterocycles. The lowest BCUT2D eigenvalue weighted by Gasteiger charge is -2.36. The summed E-state index contributed by atoms with van der Waals surface area (Å²) < 4.78 is 340. The summed E-state index contributed by atoms with van der Waals surface area (Å²) in [7, 11) is 0. The first-order valence-electron chi connectivity index (χ1n) is 20.8. The summed E-state index contributed by atoms with van der Waals surface area (Å²) in [6.07, 6.45) is -26.8. The predicted octanol–water partition coefficient (Wildman–Crippen LogP) is 17.3. The first kappa shape index (κ1) is 54.2. The molecule has 27 heteroatoms. The van der Waals surface area contributed by atoms with Gasteiger partial charge in [0.25, 0.3) is 0 Å². The number of ether oxygens (including phenoxy) is 2. The molecule has 8 rings (SSSR count). The van der Waals surface area contributed by atoms with Gasteiger partial charge >= 0.3 is 54.6 Å². The third kappa shape index (κ3) is 9.54. The zero-order valence-electron chi connectivity index (χ0n) is 36.7. The molecule has 0 unspecified atom stereocenters. The van der Waals surface area contributed by atoms with Gasteiger partial charge in [-0.05, 0) is 103 Å². The Morgan fingerprint density at radius 2 is 0.773 bits per heavy atom. The standard InChI is InChI=1S/C48H25F23N2O2/c1-22-2-12-30-32-15-24(43(56,57)58)17-34(46(65,66)67)39(32)73(35(30)14-22)27-6-10-29(11-7-27)75-21-41(51,52)48(70,71)47(68,69)40(49,50)20-74-28-8-4-26(5-9-28)72-36-18-23(42(53,54)55)3-13-31(36)38-33(45(62,63)64)16-25(19-37(38)72)44(59,60)61/h2-19H,20-21H2,1H3. The number of halogens is 23. The lowest BCUT2D eigenvalue weighted by atomic mass is 9.99. The fourth-order valence-electron chi connectivity index (χ4n) is 8.26. The van der Waals surface area contributed by atoms with Crippen LogP contribution in [0.15, 0.2) is 109 Å². The molecule has 0 atom stereocenters. The summed E-state index contributed by atoms with van der Waals surface area (Å²) in [6, 6.07) is 10.5. The molecule has 0 radical (unpaired) electrons. The zero-order chi connectivity index (χ0) is 55.6. The van der Waals surface area contributed by atoms with Gasteiger partial charge in [-0.1, -0.05) is 18.2 Å². The Balaban J connectivity index is 1.04. The van der Waals surface area contributed by atoms with Gasteiger partial charge in [0.15, 0.2) is 13.2 Å². The van der Waals surface area contributed by atoms with Gasteiger partial charge in [-0.15, -0.1) is 0 Å². The van der Waals surface area contributed by atoms with Gasteiger partial charge in [-0.2, -0.15) is 101 Å². The van der Waals surface area contributed by atoms with Crippen LogP contribution in [0.3, 0.4) is 0 Å². The highest BCUT2D eigenvalue weighted by Gasteiger charge is 2.81. The summed E-state index contributed by atoms with van der Waals surface area (Å²) in [5.41, 5.74) is -11.9. The van der Waals surface area contributed by atoms with Crippen molar-refractivity contribution in [2.45, 2.75) is 61.5 Å². The predicted molar refractivity (Wildman–Crippen MR) is 222 cm³/mol. The number of hydrogen-bond donors (Lipinski definition) is 0. The summed E-state index contributed by atoms with van der Waals surface area (Å²) in [4.78, 5) is 0. The van der Waals surface area contributed by atoms with E-state index in [1.807, 2.05) is 0 Å². The Kier molecular flexibility index (Phi) is 12.6. The molecular formula is C48H25F23N2O2. The minimum Gasteiger partial charge on any atom is -0.487 e. The smallest absolute Gasteiger partial charge is 0.418 e. The lowest BCUT2D eigenvalue weighted by Crippen LogP contribution is -2.65. The Morgan fingerprint density at radius 1 is 0.360 bits per heavy atom. The molecule has 400 valence electrons. The Morgan fingerprint density at radius 3 is 1.24 bits per heavy atom. The van der Waals surface area contributed by atoms with Crippen LogP contribution in [-0.4, -0.2) is 46.0 Å². The normalized spacial score (nSPS) is 14.0. The van der Waals surface area contributed by atoms with E-state index in [1.54, 1.807) is 0 Å². The third-order valence-corrected chi connectivity index (χ3v) is 11.8. The topological polar surface area (TPSA) is 28.3 Å². The number of fused-ring (bicyclic) bond motifs is 6. The van der Waals surface area contributed by atoms with Gasteiger partial charge < -0.3 is 18.6 Å². The highest BCUT2D eigenvalue weighted by Crippen LogP contribution is 2.54. The van der Waals surface area contributed by atoms with Crippen LogP contribution in [0, 0.1) is 6.92 Å². The summed E-state index contributed by atoms with van der Waals surface area (Å²) >= 11 is 0. The van der Waals surface area contributed by atoms with Crippen molar-refractivity contribution < 1.29 is 110 Å². The molecule has 0 aliphatic heterocycles. The number of aromatic nitrogens is 2. The van der Waals surface area contributed by atoms with E-state index in [9.17, 15) is 83.4 Å². The number of nitrogens with zero attached hydrogens (tertiary/aromatic N) is 2. The highest BCUT2D eigenvalue weighted by molar-refractivity contribution is 6.12. The first-order valence-corrected chi connectivity index (χ1v) is 20.8. The largest absolute Gasteiger partial charge is 0.487 e. The Labute approximate surface area is 403 Å². The number of rotatable bonds is 11. The van der Waals surface area contributed by atoms with Crippen molar-refractivity contribution in [1.82, 2.24) is 9.13 Å². The van der Waals surface area contributed by atoms with Crippen molar-refractivity contribution in [3.8, 4) is 22.9 Å². The van der Waals surface area contributed by atoms with E-state index in [4.69, 9.17) is 0 Å². The van der Waals surface area contributed by atoms with Gasteiger partial charge in [0, 0.05) is 32.9 Å². The number of alkyl halides is 23. The molecule has 75 heavy (non-hydrogen) atoms. The molecule has 0 aliphatic carbocycles. The lowest BCUT2D eigenvalue weighted by molar-refractivity contribution is -0.371. The number of aryl methyl sites for hydroxylation is 1. The minimum atomic E-state index is -7.01. The molecule has 0 aliphatic rings. The highest BCUT2D eigenvalue weighted by atomic mass is 19.4. The maximum absolute atomic E-state index is 15.0. The maximum atomic E-state index is 15.0. The van der Waals surface area contributed by atoms with Gasteiger partial charge in [-0.25, -0.2) is 0 Å². The summed E-state index contributed by atoms with van der Waals surface area (Å²) in [5, 5.41) is -2.31. The molecule has 0 saturated heterocycles. The Bertz CT molecular complexity index is 3480. The molecular weight excluding hydrogens is 1070 g/mol. The van der Waals surface area contributed by atoms with Crippen LogP contribution >= 0.6 is 0 Å². The molecule has 2 heterocycles. The molecule has 0 spiro atoms. The van der Waals surface area contributed by atoms with E-state index < -0.39 is 145 Å². The summed E-state index contributed by atoms with van der Waals surface area (Å²) in [5.74, 6) is -28.3. The maximum Gasteiger partial charge on any atom is 0.418 e. The second-order valence-electron chi connectivity index (χ2n) is 16.9. The van der Waals surface area contributed by atoms with Crippen LogP contribution in [0.1, 0.15) is 33.4 Å². The van der Waals surface area contributed by atoms with Crippen LogP contribution in [-0.2, 0) is 30.9 Å². The van der Waals surface area contributed by atoms with E-state index in [0.29, 0.717) is 64.7 Å². The molecule has 0 N–H and O–H groups in total. The molecule has 6 aromatic carbocycles. The fourth-order valence-corrected chi connectivity index (χ4v) is 8.26. The van der Waals surface area contributed by atoms with Gasteiger partial charge in [0.1, 0.15) is 11.5 Å². The molecule has 0 fully saturated rings. The van der Waals surface area contributed by atoms with Crippen molar-refractivity contribution in [3.63, 3.8) is 0 Å². The van der Waals surface area contributed by atoms with E-state index in [-0.39, 0.29) is 40.9 Å². The minimum absolute atomic E-state index is 0.0962. The van der Waals surface area contributed by atoms with Crippen molar-refractivity contribution in [1.29, 1.82) is 0 Å². The molecule has 8 aromatic rings. The fraction of sp³-hybridized carbons (Fsp3) is 0.250.